The number of nitrogens with zero attached hydrogens (tertiary/aromatic N) is 5. The van der Waals surface area contributed by atoms with Crippen molar-refractivity contribution in [2.24, 2.45) is 17.8 Å². The highest BCUT2D eigenvalue weighted by Gasteiger charge is 2.49. The standard InChI is InChI=1S/C31H29Cl2N5O4S/c1-3-42-31(39)25-18-6-8-19(9-7-18)26(25)37-13-12-22-27(33)35-28(36-30(22)37)24-16-38(29-23(24)14-20(32)15-34-29)43(40,41)21-10-4-17(2)5-11-21/h4-5,10-16,18-19,25-26H,3,6-9H2,1-2H3/t18?,19?,25-,26-/m0/s1. The van der Waals surface area contributed by atoms with Gasteiger partial charge in [-0.15, -0.1) is 0 Å². The molecule has 0 N–H and O–H groups in total. The molecule has 3 fully saturated rings. The van der Waals surface area contributed by atoms with Crippen molar-refractivity contribution in [1.82, 2.24) is 23.5 Å². The number of ether oxygens (including phenoxy) is 1. The summed E-state index contributed by atoms with van der Waals surface area (Å²) in [6.45, 7) is 4.05. The maximum absolute atomic E-state index is 13.8. The maximum atomic E-state index is 13.8. The maximum Gasteiger partial charge on any atom is 0.311 e. The second-order valence-corrected chi connectivity index (χ2v) is 14.0. The van der Waals surface area contributed by atoms with Crippen LogP contribution in [0.15, 0.2) is 59.9 Å². The molecule has 3 saturated carbocycles. The predicted molar refractivity (Wildman–Crippen MR) is 165 cm³/mol. The van der Waals surface area contributed by atoms with Gasteiger partial charge in [-0.2, -0.15) is 0 Å². The quantitative estimate of drug-likeness (QED) is 0.148. The van der Waals surface area contributed by atoms with E-state index >= 15 is 0 Å². The topological polar surface area (TPSA) is 109 Å². The molecule has 5 aromatic rings. The number of carbonyl (C=O) groups excluding carboxylic acids is 1. The molecule has 12 heteroatoms. The molecular formula is C31H29Cl2N5O4S. The minimum Gasteiger partial charge on any atom is -0.466 e. The van der Waals surface area contributed by atoms with Crippen LogP contribution in [0.1, 0.15) is 44.2 Å². The van der Waals surface area contributed by atoms with Crippen molar-refractivity contribution in [3.63, 3.8) is 0 Å². The Morgan fingerprint density at radius 1 is 1.00 bits per heavy atom. The first-order valence-corrected chi connectivity index (χ1v) is 16.6. The first-order valence-electron chi connectivity index (χ1n) is 14.4. The summed E-state index contributed by atoms with van der Waals surface area (Å²) in [7, 11) is -4.01. The van der Waals surface area contributed by atoms with Crippen molar-refractivity contribution < 1.29 is 17.9 Å². The monoisotopic (exact) mass is 637 g/mol. The smallest absolute Gasteiger partial charge is 0.311 e. The molecule has 3 aliphatic carbocycles. The van der Waals surface area contributed by atoms with Crippen LogP contribution in [0.2, 0.25) is 10.2 Å². The molecule has 2 atom stereocenters. The molecule has 0 spiro atoms. The fraction of sp³-hybridized carbons (Fsp3) is 0.355. The number of esters is 1. The van der Waals surface area contributed by atoms with Crippen LogP contribution < -0.4 is 0 Å². The van der Waals surface area contributed by atoms with Crippen molar-refractivity contribution in [2.75, 3.05) is 6.61 Å². The van der Waals surface area contributed by atoms with E-state index in [0.717, 1.165) is 35.2 Å². The van der Waals surface area contributed by atoms with Gasteiger partial charge in [0.05, 0.1) is 33.9 Å². The molecule has 0 saturated heterocycles. The zero-order chi connectivity index (χ0) is 30.0. The number of rotatable bonds is 6. The van der Waals surface area contributed by atoms with Crippen molar-refractivity contribution in [1.29, 1.82) is 0 Å². The minimum atomic E-state index is -4.01. The van der Waals surface area contributed by atoms with Gasteiger partial charge in [0.25, 0.3) is 10.0 Å². The van der Waals surface area contributed by atoms with Gasteiger partial charge in [0.1, 0.15) is 10.8 Å². The molecule has 2 bridgehead atoms. The van der Waals surface area contributed by atoms with Crippen molar-refractivity contribution in [3.05, 3.63) is 70.7 Å². The molecule has 4 aromatic heterocycles. The molecule has 43 heavy (non-hydrogen) atoms. The third-order valence-electron chi connectivity index (χ3n) is 8.98. The Hall–Kier alpha value is -3.47. The Bertz CT molecular complexity index is 2000. The van der Waals surface area contributed by atoms with Gasteiger partial charge in [-0.25, -0.2) is 27.3 Å². The number of carbonyl (C=O) groups is 1. The van der Waals surface area contributed by atoms with Crippen LogP contribution in [-0.4, -0.2) is 44.5 Å². The molecular weight excluding hydrogens is 609 g/mol. The lowest BCUT2D eigenvalue weighted by molar-refractivity contribution is -0.157. The molecule has 1 aromatic carbocycles. The van der Waals surface area contributed by atoms with Crippen LogP contribution in [0.5, 0.6) is 0 Å². The Balaban J connectivity index is 1.40. The van der Waals surface area contributed by atoms with E-state index in [-0.39, 0.29) is 45.4 Å². The Morgan fingerprint density at radius 2 is 1.72 bits per heavy atom. The van der Waals surface area contributed by atoms with E-state index in [1.54, 1.807) is 30.3 Å². The molecule has 3 aliphatic rings. The van der Waals surface area contributed by atoms with Crippen molar-refractivity contribution in [2.45, 2.75) is 50.5 Å². The Labute approximate surface area is 258 Å². The molecule has 0 amide bonds. The lowest BCUT2D eigenvalue weighted by Crippen LogP contribution is -2.45. The van der Waals surface area contributed by atoms with E-state index in [9.17, 15) is 13.2 Å². The summed E-state index contributed by atoms with van der Waals surface area (Å²) in [5.74, 6) is 0.343. The van der Waals surface area contributed by atoms with Crippen LogP contribution in [0.4, 0.5) is 0 Å². The number of aromatic nitrogens is 5. The van der Waals surface area contributed by atoms with Crippen LogP contribution >= 0.6 is 23.2 Å². The number of hydrogen-bond donors (Lipinski definition) is 0. The Kier molecular flexibility index (Phi) is 6.98. The fourth-order valence-electron chi connectivity index (χ4n) is 6.98. The highest BCUT2D eigenvalue weighted by Crippen LogP contribution is 2.52. The first-order chi connectivity index (χ1) is 20.7. The summed E-state index contributed by atoms with van der Waals surface area (Å²) < 4.78 is 36.3. The third kappa shape index (κ3) is 4.62. The highest BCUT2D eigenvalue weighted by atomic mass is 35.5. The van der Waals surface area contributed by atoms with Crippen molar-refractivity contribution in [3.8, 4) is 11.4 Å². The van der Waals surface area contributed by atoms with Gasteiger partial charge in [0.2, 0.25) is 0 Å². The number of halogens is 2. The van der Waals surface area contributed by atoms with E-state index in [1.807, 2.05) is 26.1 Å². The Morgan fingerprint density at radius 3 is 2.44 bits per heavy atom. The zero-order valence-electron chi connectivity index (χ0n) is 23.6. The zero-order valence-corrected chi connectivity index (χ0v) is 25.9. The summed E-state index contributed by atoms with van der Waals surface area (Å²) in [5.41, 5.74) is 2.14. The average molecular weight is 639 g/mol. The summed E-state index contributed by atoms with van der Waals surface area (Å²) >= 11 is 13.1. The first kappa shape index (κ1) is 28.3. The normalized spacial score (nSPS) is 22.0. The lowest BCUT2D eigenvalue weighted by atomic mass is 9.61. The highest BCUT2D eigenvalue weighted by molar-refractivity contribution is 7.90. The predicted octanol–water partition coefficient (Wildman–Crippen LogP) is 6.84. The van der Waals surface area contributed by atoms with E-state index in [1.165, 1.54) is 12.4 Å². The van der Waals surface area contributed by atoms with Gasteiger partial charge in [-0.05, 0) is 75.6 Å². The van der Waals surface area contributed by atoms with Crippen molar-refractivity contribution >= 4 is 61.3 Å². The summed E-state index contributed by atoms with van der Waals surface area (Å²) in [6, 6.07) is 10.0. The van der Waals surface area contributed by atoms with Gasteiger partial charge in [0.15, 0.2) is 11.5 Å². The SMILES string of the molecule is CCOC(=O)[C@H]1C2CCC(CC2)[C@@H]1n1ccc2c(Cl)nc(-c3cn(S(=O)(=O)c4ccc(C)cc4)c4ncc(Cl)cc34)nc21. The van der Waals surface area contributed by atoms with E-state index in [4.69, 9.17) is 32.9 Å². The van der Waals surface area contributed by atoms with Crippen LogP contribution in [0, 0.1) is 24.7 Å². The fourth-order valence-corrected chi connectivity index (χ4v) is 8.69. The molecule has 4 heterocycles. The van der Waals surface area contributed by atoms with E-state index < -0.39 is 10.0 Å². The third-order valence-corrected chi connectivity index (χ3v) is 11.1. The van der Waals surface area contributed by atoms with Crippen LogP contribution in [0.3, 0.4) is 0 Å². The van der Waals surface area contributed by atoms with E-state index in [0.29, 0.717) is 39.5 Å². The van der Waals surface area contributed by atoms with Gasteiger partial charge in [-0.1, -0.05) is 40.9 Å². The van der Waals surface area contributed by atoms with Crippen LogP contribution in [-0.2, 0) is 19.6 Å². The van der Waals surface area contributed by atoms with Crippen LogP contribution in [0.25, 0.3) is 33.5 Å². The minimum absolute atomic E-state index is 0.123. The molecule has 0 unspecified atom stereocenters. The molecule has 9 nitrogen and oxygen atoms in total. The van der Waals surface area contributed by atoms with Gasteiger partial charge >= 0.3 is 5.97 Å². The van der Waals surface area contributed by atoms with Gasteiger partial charge in [-0.3, -0.25) is 4.79 Å². The molecule has 222 valence electrons. The number of benzene rings is 1. The summed E-state index contributed by atoms with van der Waals surface area (Å²) in [5, 5.41) is 1.69. The number of aryl methyl sites for hydroxylation is 1. The molecule has 0 aliphatic heterocycles. The second-order valence-electron chi connectivity index (χ2n) is 11.4. The number of hydrogen-bond acceptors (Lipinski definition) is 7. The van der Waals surface area contributed by atoms with E-state index in [2.05, 4.69) is 14.5 Å². The summed E-state index contributed by atoms with van der Waals surface area (Å²) in [6.07, 6.45) is 8.89. The molecule has 8 rings (SSSR count). The lowest BCUT2D eigenvalue weighted by Gasteiger charge is -2.47. The second kappa shape index (κ2) is 10.6. The summed E-state index contributed by atoms with van der Waals surface area (Å²) in [4.78, 5) is 27.3. The average Bonchev–Trinajstić information content (AvgIpc) is 3.60. The van der Waals surface area contributed by atoms with Gasteiger partial charge < -0.3 is 9.30 Å². The molecule has 0 radical (unpaired) electrons. The number of pyridine rings is 1. The van der Waals surface area contributed by atoms with Gasteiger partial charge in [0, 0.05) is 29.5 Å². The number of fused-ring (bicyclic) bond motifs is 5. The largest absolute Gasteiger partial charge is 0.466 e.